The van der Waals surface area contributed by atoms with Crippen LogP contribution < -0.4 is 10.6 Å². The van der Waals surface area contributed by atoms with Gasteiger partial charge in [-0.3, -0.25) is 19.3 Å². The number of aromatic hydroxyl groups is 1. The molecule has 13 heteroatoms. The van der Waals surface area contributed by atoms with Gasteiger partial charge >= 0.3 is 5.97 Å². The fourth-order valence-corrected chi connectivity index (χ4v) is 7.34. The van der Waals surface area contributed by atoms with Gasteiger partial charge in [0, 0.05) is 41.7 Å². The van der Waals surface area contributed by atoms with Crippen molar-refractivity contribution in [3.8, 4) is 16.2 Å². The molecule has 5 rings (SSSR count). The van der Waals surface area contributed by atoms with E-state index in [1.54, 1.807) is 25.1 Å². The second kappa shape index (κ2) is 9.43. The summed E-state index contributed by atoms with van der Waals surface area (Å²) in [5.41, 5.74) is 2.77. The standard InChI is InChI=1S/C28H29N3O9S/c1-30(2)14-9-12(15-5-6-16(41-15)27(38)39)21(32)18-11(14)7-10-8-13-20(31(3)4)23(34)19(26(29)37)25(36)28(13,40)24(35)17(10)22(18)33/h5-6,9-10,13,20,32-33,36,40H,7-8H2,1-4H3,(H2,29,37)(H,38,39)/t10-,13-,20-,28-/m0/s1. The van der Waals surface area contributed by atoms with Crippen LogP contribution in [0.2, 0.25) is 0 Å². The summed E-state index contributed by atoms with van der Waals surface area (Å²) in [6, 6.07) is 3.42. The predicted molar refractivity (Wildman–Crippen MR) is 149 cm³/mol. The van der Waals surface area contributed by atoms with Gasteiger partial charge in [-0.2, -0.15) is 0 Å². The molecule has 12 nitrogen and oxygen atoms in total. The molecule has 1 fully saturated rings. The molecular formula is C28H29N3O9S. The van der Waals surface area contributed by atoms with Crippen molar-refractivity contribution < 1.29 is 44.7 Å². The van der Waals surface area contributed by atoms with Gasteiger partial charge in [-0.05, 0) is 56.6 Å². The number of amides is 1. The van der Waals surface area contributed by atoms with Crippen LogP contribution in [0.25, 0.3) is 16.2 Å². The molecule has 0 unspecified atom stereocenters. The second-order valence-electron chi connectivity index (χ2n) is 11.0. The Kier molecular flexibility index (Phi) is 6.52. The monoisotopic (exact) mass is 583 g/mol. The van der Waals surface area contributed by atoms with E-state index in [1.165, 1.54) is 31.1 Å². The van der Waals surface area contributed by atoms with E-state index in [1.807, 2.05) is 0 Å². The van der Waals surface area contributed by atoms with Crippen LogP contribution in [0.5, 0.6) is 5.75 Å². The first-order valence-corrected chi connectivity index (χ1v) is 13.5. The van der Waals surface area contributed by atoms with E-state index in [2.05, 4.69) is 0 Å². The minimum atomic E-state index is -2.73. The number of phenolic OH excluding ortho intramolecular Hbond substituents is 1. The number of carbonyl (C=O) groups excluding carboxylic acids is 3. The highest BCUT2D eigenvalue weighted by atomic mass is 32.1. The number of hydrogen-bond donors (Lipinski definition) is 6. The van der Waals surface area contributed by atoms with Crippen molar-refractivity contribution in [3.05, 3.63) is 51.1 Å². The highest BCUT2D eigenvalue weighted by molar-refractivity contribution is 7.17. The SMILES string of the molecule is CN(C)c1cc(-c2ccc(C(=O)O)s2)c(O)c2c1C[C@H]1C[C@H]3[C@H](N(C)C)C(=O)C(C(N)=O)=C(O)[C@@]3(O)C(=O)C1=C2O. The van der Waals surface area contributed by atoms with Crippen molar-refractivity contribution in [1.29, 1.82) is 0 Å². The van der Waals surface area contributed by atoms with Crippen LogP contribution in [0.15, 0.2) is 35.1 Å². The van der Waals surface area contributed by atoms with Crippen LogP contribution in [0.1, 0.15) is 27.2 Å². The van der Waals surface area contributed by atoms with Gasteiger partial charge in [0.1, 0.15) is 27.7 Å². The maximum atomic E-state index is 14.1. The molecule has 1 heterocycles. The lowest BCUT2D eigenvalue weighted by atomic mass is 9.57. The number of likely N-dealkylation sites (N-methyl/N-ethyl adjacent to an activating group) is 1. The second-order valence-corrected chi connectivity index (χ2v) is 12.1. The Labute approximate surface area is 238 Å². The minimum Gasteiger partial charge on any atom is -0.508 e. The fraction of sp³-hybridized carbons (Fsp3) is 0.357. The molecule has 3 aliphatic carbocycles. The van der Waals surface area contributed by atoms with Crippen LogP contribution in [0.3, 0.4) is 0 Å². The predicted octanol–water partition coefficient (Wildman–Crippen LogP) is 1.46. The minimum absolute atomic E-state index is 0.0198. The Morgan fingerprint density at radius 2 is 1.76 bits per heavy atom. The van der Waals surface area contributed by atoms with Gasteiger partial charge in [0.25, 0.3) is 5.91 Å². The number of aliphatic hydroxyl groups is 3. The van der Waals surface area contributed by atoms with Crippen LogP contribution in [-0.4, -0.2) is 93.7 Å². The lowest BCUT2D eigenvalue weighted by Gasteiger charge is -2.50. The highest BCUT2D eigenvalue weighted by Crippen LogP contribution is 2.55. The number of thiophene rings is 1. The van der Waals surface area contributed by atoms with Crippen molar-refractivity contribution in [1.82, 2.24) is 4.90 Å². The number of hydrogen-bond acceptors (Lipinski definition) is 11. The van der Waals surface area contributed by atoms with E-state index < -0.39 is 69.8 Å². The number of carboxylic acids is 1. The number of phenols is 1. The van der Waals surface area contributed by atoms with E-state index in [-0.39, 0.29) is 34.4 Å². The highest BCUT2D eigenvalue weighted by Gasteiger charge is 2.64. The number of rotatable bonds is 5. The molecule has 3 aliphatic rings. The average molecular weight is 584 g/mol. The molecule has 0 saturated heterocycles. The number of aromatic carboxylic acids is 1. The molecule has 1 amide bonds. The number of anilines is 1. The fourth-order valence-electron chi connectivity index (χ4n) is 6.48. The Hall–Kier alpha value is -4.20. The molecule has 1 aromatic heterocycles. The van der Waals surface area contributed by atoms with Gasteiger partial charge in [0.2, 0.25) is 5.78 Å². The molecule has 1 aromatic carbocycles. The number of ketones is 2. The van der Waals surface area contributed by atoms with Gasteiger partial charge in [0.15, 0.2) is 11.4 Å². The van der Waals surface area contributed by atoms with Gasteiger partial charge in [-0.25, -0.2) is 4.79 Å². The van der Waals surface area contributed by atoms with E-state index >= 15 is 0 Å². The molecule has 0 spiro atoms. The number of primary amides is 1. The number of nitrogens with zero attached hydrogens (tertiary/aromatic N) is 2. The van der Waals surface area contributed by atoms with Crippen LogP contribution in [0, 0.1) is 11.8 Å². The van der Waals surface area contributed by atoms with Crippen molar-refractivity contribution in [2.75, 3.05) is 33.1 Å². The summed E-state index contributed by atoms with van der Waals surface area (Å²) in [5, 5.41) is 55.1. The Balaban J connectivity index is 1.76. The molecule has 1 saturated carbocycles. The van der Waals surface area contributed by atoms with Gasteiger partial charge in [0.05, 0.1) is 11.6 Å². The Morgan fingerprint density at radius 3 is 2.29 bits per heavy atom. The van der Waals surface area contributed by atoms with E-state index in [0.29, 0.717) is 16.1 Å². The number of fused-ring (bicyclic) bond motifs is 3. The third-order valence-electron chi connectivity index (χ3n) is 8.26. The summed E-state index contributed by atoms with van der Waals surface area (Å²) in [4.78, 5) is 54.5. The smallest absolute Gasteiger partial charge is 0.345 e. The maximum Gasteiger partial charge on any atom is 0.345 e. The van der Waals surface area contributed by atoms with Crippen LogP contribution in [0.4, 0.5) is 5.69 Å². The quantitative estimate of drug-likeness (QED) is 0.278. The topological polar surface area (TPSA) is 202 Å². The van der Waals surface area contributed by atoms with Gasteiger partial charge in [-0.15, -0.1) is 11.3 Å². The summed E-state index contributed by atoms with van der Waals surface area (Å²) in [5.74, 6) is -8.39. The molecule has 0 aliphatic heterocycles. The molecule has 0 bridgehead atoms. The molecular weight excluding hydrogens is 554 g/mol. The largest absolute Gasteiger partial charge is 0.508 e. The summed E-state index contributed by atoms with van der Waals surface area (Å²) < 4.78 is 0. The number of carbonyl (C=O) groups is 4. The molecule has 4 atom stereocenters. The first kappa shape index (κ1) is 28.3. The molecule has 216 valence electrons. The van der Waals surface area contributed by atoms with E-state index in [0.717, 1.165) is 11.3 Å². The third kappa shape index (κ3) is 3.87. The first-order chi connectivity index (χ1) is 19.1. The summed E-state index contributed by atoms with van der Waals surface area (Å²) in [6.07, 6.45) is 0.120. The van der Waals surface area contributed by atoms with Crippen LogP contribution >= 0.6 is 11.3 Å². The normalized spacial score (nSPS) is 25.7. The lowest BCUT2D eigenvalue weighted by molar-refractivity contribution is -0.153. The molecule has 7 N–H and O–H groups in total. The van der Waals surface area contributed by atoms with Crippen molar-refractivity contribution in [2.45, 2.75) is 24.5 Å². The maximum absolute atomic E-state index is 14.1. The van der Waals surface area contributed by atoms with Crippen molar-refractivity contribution in [2.24, 2.45) is 17.6 Å². The molecule has 41 heavy (non-hydrogen) atoms. The number of benzene rings is 1. The zero-order valence-corrected chi connectivity index (χ0v) is 23.4. The Bertz CT molecular complexity index is 1620. The number of aliphatic hydroxyl groups excluding tert-OH is 2. The first-order valence-electron chi connectivity index (χ1n) is 12.7. The van der Waals surface area contributed by atoms with E-state index in [9.17, 15) is 44.7 Å². The van der Waals surface area contributed by atoms with Crippen LogP contribution in [-0.2, 0) is 20.8 Å². The van der Waals surface area contributed by atoms with E-state index in [4.69, 9.17) is 5.73 Å². The number of carboxylic acid groups (broad SMARTS) is 1. The summed E-state index contributed by atoms with van der Waals surface area (Å²) in [7, 11) is 6.59. The Morgan fingerprint density at radius 1 is 1.10 bits per heavy atom. The van der Waals surface area contributed by atoms with Gasteiger partial charge in [-0.1, -0.05) is 0 Å². The zero-order chi connectivity index (χ0) is 30.3. The summed E-state index contributed by atoms with van der Waals surface area (Å²) in [6.45, 7) is 0. The molecule has 2 aromatic rings. The lowest BCUT2D eigenvalue weighted by Crippen LogP contribution is -2.65. The summed E-state index contributed by atoms with van der Waals surface area (Å²) >= 11 is 0.922. The molecule has 0 radical (unpaired) electrons. The zero-order valence-electron chi connectivity index (χ0n) is 22.6. The third-order valence-corrected chi connectivity index (χ3v) is 9.37. The number of Topliss-reactive ketones (excluding diaryl/α,β-unsaturated/α-hetero) is 2. The number of nitrogens with two attached hydrogens (primary N) is 1. The van der Waals surface area contributed by atoms with Crippen molar-refractivity contribution in [3.63, 3.8) is 0 Å². The van der Waals surface area contributed by atoms with Gasteiger partial charge < -0.3 is 36.2 Å². The van der Waals surface area contributed by atoms with Crippen molar-refractivity contribution >= 4 is 46.2 Å². The average Bonchev–Trinajstić information content (AvgIpc) is 3.36.